The highest BCUT2D eigenvalue weighted by atomic mass is 35.5. The highest BCUT2D eigenvalue weighted by Gasteiger charge is 2.23. The van der Waals surface area contributed by atoms with Crippen molar-refractivity contribution in [2.75, 3.05) is 50.3 Å². The van der Waals surface area contributed by atoms with Gasteiger partial charge in [-0.25, -0.2) is 0 Å². The lowest BCUT2D eigenvalue weighted by molar-refractivity contribution is -0.128. The van der Waals surface area contributed by atoms with Crippen LogP contribution in [0.3, 0.4) is 0 Å². The number of carbonyl (C=O) groups is 1. The molecule has 1 saturated heterocycles. The van der Waals surface area contributed by atoms with Crippen molar-refractivity contribution in [2.24, 2.45) is 5.73 Å². The molecule has 1 fully saturated rings. The fraction of sp³-hybridized carbons (Fsp3) is 0.375. The van der Waals surface area contributed by atoms with E-state index >= 15 is 0 Å². The van der Waals surface area contributed by atoms with Crippen LogP contribution in [0.25, 0.3) is 0 Å². The van der Waals surface area contributed by atoms with Gasteiger partial charge in [0.15, 0.2) is 0 Å². The molecule has 0 saturated carbocycles. The van der Waals surface area contributed by atoms with Crippen LogP contribution < -0.4 is 16.8 Å². The van der Waals surface area contributed by atoms with Gasteiger partial charge in [0.05, 0.1) is 10.7 Å². The number of nitrogens with zero attached hydrogens (tertiary/aromatic N) is 3. The number of nitrogens with one attached hydrogen (secondary N) is 1. The average molecular weight is 349 g/mol. The second kappa shape index (κ2) is 8.55. The fourth-order valence-electron chi connectivity index (χ4n) is 2.44. The molecule has 1 aromatic carbocycles. The Kier molecular flexibility index (Phi) is 6.44. The molecule has 2 rings (SSSR count). The van der Waals surface area contributed by atoms with Crippen molar-refractivity contribution in [3.8, 4) is 6.07 Å². The second-order valence-electron chi connectivity index (χ2n) is 5.47. The number of amides is 1. The van der Waals surface area contributed by atoms with Gasteiger partial charge in [-0.05, 0) is 18.2 Å². The third-order valence-corrected chi connectivity index (χ3v) is 4.17. The molecule has 0 aliphatic carbocycles. The molecule has 0 atom stereocenters. The van der Waals surface area contributed by atoms with E-state index < -0.39 is 0 Å². The van der Waals surface area contributed by atoms with E-state index in [0.29, 0.717) is 36.0 Å². The molecule has 0 aromatic heterocycles. The lowest BCUT2D eigenvalue weighted by Crippen LogP contribution is -2.50. The zero-order valence-corrected chi connectivity index (χ0v) is 14.1. The molecule has 24 heavy (non-hydrogen) atoms. The standard InChI is InChI=1S/C16H21ClN6O/c17-14-9-13(1-2-15(14)20)21-11-12(10-19)16(24)23-7-5-22(4-3-18)6-8-23/h1-2,9,11,21H,3-8,18,20H2/b12-11-. The molecule has 1 aromatic rings. The largest absolute Gasteiger partial charge is 0.398 e. The average Bonchev–Trinajstić information content (AvgIpc) is 2.59. The zero-order valence-electron chi connectivity index (χ0n) is 13.3. The summed E-state index contributed by atoms with van der Waals surface area (Å²) >= 11 is 5.95. The monoisotopic (exact) mass is 348 g/mol. The fourth-order valence-corrected chi connectivity index (χ4v) is 2.62. The van der Waals surface area contributed by atoms with Gasteiger partial charge < -0.3 is 21.7 Å². The van der Waals surface area contributed by atoms with Crippen LogP contribution in [0.1, 0.15) is 0 Å². The Labute approximate surface area is 146 Å². The maximum Gasteiger partial charge on any atom is 0.266 e. The zero-order chi connectivity index (χ0) is 17.5. The third-order valence-electron chi connectivity index (χ3n) is 3.84. The van der Waals surface area contributed by atoms with E-state index in [4.69, 9.17) is 23.1 Å². The molecular formula is C16H21ClN6O. The first kappa shape index (κ1) is 18.1. The minimum absolute atomic E-state index is 0.0511. The molecule has 8 heteroatoms. The number of nitrogen functional groups attached to an aromatic ring is 1. The molecule has 5 N–H and O–H groups in total. The minimum Gasteiger partial charge on any atom is -0.398 e. The summed E-state index contributed by atoms with van der Waals surface area (Å²) in [6.45, 7) is 4.14. The van der Waals surface area contributed by atoms with E-state index in [2.05, 4.69) is 10.2 Å². The molecule has 1 amide bonds. The van der Waals surface area contributed by atoms with Gasteiger partial charge in [0.1, 0.15) is 11.6 Å². The normalized spacial score (nSPS) is 15.9. The van der Waals surface area contributed by atoms with Crippen molar-refractivity contribution >= 4 is 28.9 Å². The first-order chi connectivity index (χ1) is 11.5. The van der Waals surface area contributed by atoms with E-state index in [1.807, 2.05) is 6.07 Å². The maximum atomic E-state index is 12.4. The van der Waals surface area contributed by atoms with Gasteiger partial charge >= 0.3 is 0 Å². The number of hydrogen-bond acceptors (Lipinski definition) is 6. The summed E-state index contributed by atoms with van der Waals surface area (Å²) in [5, 5.41) is 12.6. The lowest BCUT2D eigenvalue weighted by atomic mass is 10.2. The van der Waals surface area contributed by atoms with E-state index in [0.717, 1.165) is 19.6 Å². The molecule has 7 nitrogen and oxygen atoms in total. The number of anilines is 2. The third kappa shape index (κ3) is 4.61. The van der Waals surface area contributed by atoms with Gasteiger partial charge in [0.2, 0.25) is 0 Å². The summed E-state index contributed by atoms with van der Waals surface area (Å²) in [7, 11) is 0. The number of nitrogens with two attached hydrogens (primary N) is 2. The quantitative estimate of drug-likeness (QED) is 0.413. The van der Waals surface area contributed by atoms with Crippen LogP contribution in [0.15, 0.2) is 30.0 Å². The van der Waals surface area contributed by atoms with Crippen LogP contribution >= 0.6 is 11.6 Å². The van der Waals surface area contributed by atoms with Crippen molar-refractivity contribution < 1.29 is 4.79 Å². The summed E-state index contributed by atoms with van der Waals surface area (Å²) in [5.74, 6) is -0.279. The van der Waals surface area contributed by atoms with Gasteiger partial charge in [-0.2, -0.15) is 5.26 Å². The molecule has 0 radical (unpaired) electrons. The van der Waals surface area contributed by atoms with E-state index in [9.17, 15) is 10.1 Å². The molecular weight excluding hydrogens is 328 g/mol. The van der Waals surface area contributed by atoms with Crippen molar-refractivity contribution in [3.05, 3.63) is 35.0 Å². The first-order valence-corrected chi connectivity index (χ1v) is 8.06. The Bertz CT molecular complexity index is 661. The molecule has 128 valence electrons. The topological polar surface area (TPSA) is 111 Å². The Morgan fingerprint density at radius 2 is 2.08 bits per heavy atom. The highest BCUT2D eigenvalue weighted by molar-refractivity contribution is 6.33. The lowest BCUT2D eigenvalue weighted by Gasteiger charge is -2.34. The Hall–Kier alpha value is -2.27. The number of halogens is 1. The van der Waals surface area contributed by atoms with Gasteiger partial charge in [-0.15, -0.1) is 0 Å². The summed E-state index contributed by atoms with van der Waals surface area (Å²) < 4.78 is 0. The Morgan fingerprint density at radius 1 is 1.38 bits per heavy atom. The van der Waals surface area contributed by atoms with Gasteiger partial charge in [-0.1, -0.05) is 11.6 Å². The molecule has 0 spiro atoms. The number of piperazine rings is 1. The van der Waals surface area contributed by atoms with Crippen molar-refractivity contribution in [1.82, 2.24) is 9.80 Å². The van der Waals surface area contributed by atoms with Crippen LogP contribution in [0.2, 0.25) is 5.02 Å². The van der Waals surface area contributed by atoms with Gasteiger partial charge in [0, 0.05) is 51.2 Å². The summed E-state index contributed by atoms with van der Waals surface area (Å²) in [4.78, 5) is 16.3. The SMILES string of the molecule is N#C/C(=C/Nc1ccc(N)c(Cl)c1)C(=O)N1CCN(CCN)CC1. The van der Waals surface area contributed by atoms with Crippen LogP contribution in [-0.4, -0.2) is 55.0 Å². The predicted molar refractivity (Wildman–Crippen MR) is 95.3 cm³/mol. The van der Waals surface area contributed by atoms with Crippen LogP contribution in [0.5, 0.6) is 0 Å². The van der Waals surface area contributed by atoms with Crippen molar-refractivity contribution in [1.29, 1.82) is 5.26 Å². The summed E-state index contributed by atoms with van der Waals surface area (Å²) in [6.07, 6.45) is 1.40. The number of nitriles is 1. The summed E-state index contributed by atoms with van der Waals surface area (Å²) in [6, 6.07) is 6.97. The summed E-state index contributed by atoms with van der Waals surface area (Å²) in [5.41, 5.74) is 12.4. The highest BCUT2D eigenvalue weighted by Crippen LogP contribution is 2.22. The Morgan fingerprint density at radius 3 is 2.67 bits per heavy atom. The van der Waals surface area contributed by atoms with E-state index in [-0.39, 0.29) is 11.5 Å². The molecule has 1 aliphatic rings. The van der Waals surface area contributed by atoms with Gasteiger partial charge in [-0.3, -0.25) is 9.69 Å². The second-order valence-corrected chi connectivity index (χ2v) is 5.88. The van der Waals surface area contributed by atoms with Crippen LogP contribution in [-0.2, 0) is 4.79 Å². The van der Waals surface area contributed by atoms with Crippen LogP contribution in [0.4, 0.5) is 11.4 Å². The molecule has 0 unspecified atom stereocenters. The number of benzene rings is 1. The maximum absolute atomic E-state index is 12.4. The molecule has 1 aliphatic heterocycles. The Balaban J connectivity index is 1.98. The number of rotatable bonds is 5. The minimum atomic E-state index is -0.279. The van der Waals surface area contributed by atoms with Crippen LogP contribution in [0, 0.1) is 11.3 Å². The van der Waals surface area contributed by atoms with Crippen molar-refractivity contribution in [2.45, 2.75) is 0 Å². The first-order valence-electron chi connectivity index (χ1n) is 7.68. The predicted octanol–water partition coefficient (Wildman–Crippen LogP) is 0.844. The number of carbonyl (C=O) groups excluding carboxylic acids is 1. The number of hydrogen-bond donors (Lipinski definition) is 3. The molecule has 0 bridgehead atoms. The van der Waals surface area contributed by atoms with E-state index in [1.54, 1.807) is 23.1 Å². The smallest absolute Gasteiger partial charge is 0.266 e. The van der Waals surface area contributed by atoms with Crippen molar-refractivity contribution in [3.63, 3.8) is 0 Å². The van der Waals surface area contributed by atoms with E-state index in [1.165, 1.54) is 6.20 Å². The van der Waals surface area contributed by atoms with Gasteiger partial charge in [0.25, 0.3) is 5.91 Å². The molecule has 1 heterocycles.